The molecule has 3 aliphatic rings. The lowest BCUT2D eigenvalue weighted by Gasteiger charge is -2.45. The Balaban J connectivity index is 1.65. The first-order chi connectivity index (χ1) is 17.1. The van der Waals surface area contributed by atoms with Crippen LogP contribution in [0, 0.1) is 5.92 Å². The zero-order valence-corrected chi connectivity index (χ0v) is 22.7. The van der Waals surface area contributed by atoms with Crippen LogP contribution in [0.4, 0.5) is 4.79 Å². The van der Waals surface area contributed by atoms with Gasteiger partial charge < -0.3 is 20.1 Å². The molecule has 10 heteroatoms. The predicted octanol–water partition coefficient (Wildman–Crippen LogP) is 4.23. The summed E-state index contributed by atoms with van der Waals surface area (Å²) in [6.45, 7) is 9.53. The Morgan fingerprint density at radius 3 is 2.47 bits per heavy atom. The fourth-order valence-corrected chi connectivity index (χ4v) is 6.95. The number of nitrogens with zero attached hydrogens (tertiary/aromatic N) is 3. The molecule has 3 atom stereocenters. The molecule has 0 unspecified atom stereocenters. The maximum absolute atomic E-state index is 14.3. The number of fused-ring (bicyclic) bond motifs is 1. The quantitative estimate of drug-likeness (QED) is 0.577. The second-order valence-electron chi connectivity index (χ2n) is 11.3. The van der Waals surface area contributed by atoms with Gasteiger partial charge >= 0.3 is 12.1 Å². The van der Waals surface area contributed by atoms with Gasteiger partial charge in [-0.1, -0.05) is 26.2 Å². The van der Waals surface area contributed by atoms with Crippen LogP contribution in [0.5, 0.6) is 0 Å². The first-order valence-electron chi connectivity index (χ1n) is 13.3. The van der Waals surface area contributed by atoms with E-state index < -0.39 is 23.7 Å². The van der Waals surface area contributed by atoms with Gasteiger partial charge in [0.2, 0.25) is 5.91 Å². The Bertz CT molecular complexity index is 968. The van der Waals surface area contributed by atoms with Gasteiger partial charge in [-0.2, -0.15) is 0 Å². The van der Waals surface area contributed by atoms with Crippen molar-refractivity contribution in [3.63, 3.8) is 0 Å². The molecule has 9 nitrogen and oxygen atoms in total. The second kappa shape index (κ2) is 11.0. The zero-order valence-electron chi connectivity index (χ0n) is 21.9. The van der Waals surface area contributed by atoms with E-state index in [2.05, 4.69) is 15.2 Å². The molecular weight excluding hydrogens is 480 g/mol. The van der Waals surface area contributed by atoms with Crippen molar-refractivity contribution in [1.82, 2.24) is 20.1 Å². The second-order valence-corrected chi connectivity index (χ2v) is 12.4. The molecule has 0 spiro atoms. The van der Waals surface area contributed by atoms with Gasteiger partial charge in [0, 0.05) is 24.0 Å². The number of thiazole rings is 1. The molecule has 3 heterocycles. The number of hydrogen-bond donors (Lipinski definition) is 2. The molecule has 3 fully saturated rings. The average molecular weight is 521 g/mol. The molecule has 0 radical (unpaired) electrons. The molecule has 2 aliphatic heterocycles. The average Bonchev–Trinajstić information content (AvgIpc) is 3.47. The van der Waals surface area contributed by atoms with E-state index in [1.807, 2.05) is 32.6 Å². The number of nitrogens with one attached hydrogen (secondary N) is 1. The number of aromatic carboxylic acids is 1. The van der Waals surface area contributed by atoms with E-state index in [1.54, 1.807) is 0 Å². The third-order valence-corrected chi connectivity index (χ3v) is 8.86. The summed E-state index contributed by atoms with van der Waals surface area (Å²) in [5.41, 5.74) is -0.573. The molecule has 1 aliphatic carbocycles. The first-order valence-corrected chi connectivity index (χ1v) is 14.2. The van der Waals surface area contributed by atoms with Crippen LogP contribution in [0.15, 0.2) is 0 Å². The van der Waals surface area contributed by atoms with E-state index in [-0.39, 0.29) is 29.6 Å². The zero-order chi connectivity index (χ0) is 26.0. The summed E-state index contributed by atoms with van der Waals surface area (Å²) >= 11 is 1.39. The van der Waals surface area contributed by atoms with E-state index in [1.165, 1.54) is 11.3 Å². The van der Waals surface area contributed by atoms with Crippen molar-refractivity contribution in [1.29, 1.82) is 0 Å². The van der Waals surface area contributed by atoms with Crippen LogP contribution in [-0.4, -0.2) is 75.2 Å². The number of hydrogen-bond acceptors (Lipinski definition) is 7. The van der Waals surface area contributed by atoms with Gasteiger partial charge in [0.1, 0.15) is 16.7 Å². The summed E-state index contributed by atoms with van der Waals surface area (Å²) in [4.78, 5) is 48.4. The van der Waals surface area contributed by atoms with Gasteiger partial charge in [-0.05, 0) is 65.3 Å². The number of rotatable bonds is 6. The molecule has 200 valence electrons. The molecule has 1 saturated carbocycles. The molecular formula is C26H40N4O5S. The molecule has 1 aromatic rings. The van der Waals surface area contributed by atoms with Crippen LogP contribution in [0.3, 0.4) is 0 Å². The third-order valence-electron chi connectivity index (χ3n) is 7.56. The van der Waals surface area contributed by atoms with Gasteiger partial charge in [-0.25, -0.2) is 14.6 Å². The van der Waals surface area contributed by atoms with Gasteiger partial charge in [-0.15, -0.1) is 11.3 Å². The number of carbonyl (C=O) groups is 3. The third kappa shape index (κ3) is 6.02. The van der Waals surface area contributed by atoms with Crippen molar-refractivity contribution in [3.05, 3.63) is 15.6 Å². The van der Waals surface area contributed by atoms with Crippen molar-refractivity contribution in [2.24, 2.45) is 5.92 Å². The summed E-state index contributed by atoms with van der Waals surface area (Å²) in [6.07, 6.45) is 7.13. The maximum Gasteiger partial charge on any atom is 0.408 e. The van der Waals surface area contributed by atoms with Crippen molar-refractivity contribution < 1.29 is 24.2 Å². The Morgan fingerprint density at radius 2 is 1.86 bits per heavy atom. The van der Waals surface area contributed by atoms with Gasteiger partial charge in [0.05, 0.1) is 6.04 Å². The van der Waals surface area contributed by atoms with E-state index in [9.17, 15) is 19.5 Å². The van der Waals surface area contributed by atoms with Crippen molar-refractivity contribution in [2.75, 3.05) is 19.6 Å². The minimum Gasteiger partial charge on any atom is -0.476 e. The monoisotopic (exact) mass is 520 g/mol. The summed E-state index contributed by atoms with van der Waals surface area (Å²) in [7, 11) is 0. The number of carboxylic acid groups (broad SMARTS) is 1. The normalized spacial score (nSPS) is 24.3. The lowest BCUT2D eigenvalue weighted by molar-refractivity contribution is -0.141. The molecule has 0 aromatic carbocycles. The van der Waals surface area contributed by atoms with E-state index in [4.69, 9.17) is 4.74 Å². The Hall–Kier alpha value is -2.20. The van der Waals surface area contributed by atoms with Crippen LogP contribution in [0.25, 0.3) is 0 Å². The van der Waals surface area contributed by atoms with Crippen LogP contribution < -0.4 is 5.32 Å². The Morgan fingerprint density at radius 1 is 1.14 bits per heavy atom. The van der Waals surface area contributed by atoms with Gasteiger partial charge in [0.25, 0.3) is 0 Å². The SMILES string of the molecule is CCc1sc([C@@H]2CN3CCC[C@@H]3CN2C(=O)[C@@H](NC(=O)OC(C)(C)C)C2CCCCC2)nc1C(=O)O. The summed E-state index contributed by atoms with van der Waals surface area (Å²) < 4.78 is 5.53. The van der Waals surface area contributed by atoms with Gasteiger partial charge in [0.15, 0.2) is 5.69 Å². The topological polar surface area (TPSA) is 112 Å². The summed E-state index contributed by atoms with van der Waals surface area (Å²) in [5.74, 6) is -1.08. The summed E-state index contributed by atoms with van der Waals surface area (Å²) in [5, 5.41) is 13.3. The van der Waals surface area contributed by atoms with E-state index in [0.29, 0.717) is 24.5 Å². The lowest BCUT2D eigenvalue weighted by atomic mass is 9.83. The number of piperazine rings is 1. The van der Waals surface area contributed by atoms with Crippen LogP contribution in [-0.2, 0) is 16.0 Å². The highest BCUT2D eigenvalue weighted by Gasteiger charge is 2.44. The molecule has 36 heavy (non-hydrogen) atoms. The molecule has 2 amide bonds. The van der Waals surface area contributed by atoms with Crippen LogP contribution in [0.2, 0.25) is 0 Å². The number of ether oxygens (including phenoxy) is 1. The highest BCUT2D eigenvalue weighted by atomic mass is 32.1. The minimum absolute atomic E-state index is 0.0538. The van der Waals surface area contributed by atoms with Crippen molar-refractivity contribution in [3.8, 4) is 0 Å². The number of carbonyl (C=O) groups excluding carboxylic acids is 2. The number of carboxylic acids is 1. The lowest BCUT2D eigenvalue weighted by Crippen LogP contribution is -2.60. The van der Waals surface area contributed by atoms with E-state index >= 15 is 0 Å². The first kappa shape index (κ1) is 26.9. The number of alkyl carbamates (subject to hydrolysis) is 1. The number of aromatic nitrogens is 1. The summed E-state index contributed by atoms with van der Waals surface area (Å²) in [6, 6.07) is -0.717. The number of aryl methyl sites for hydroxylation is 1. The fraction of sp³-hybridized carbons (Fsp3) is 0.769. The maximum atomic E-state index is 14.3. The Kier molecular flexibility index (Phi) is 8.24. The highest BCUT2D eigenvalue weighted by molar-refractivity contribution is 7.12. The predicted molar refractivity (Wildman–Crippen MR) is 137 cm³/mol. The smallest absolute Gasteiger partial charge is 0.408 e. The Labute approximate surface area is 217 Å². The molecule has 2 N–H and O–H groups in total. The van der Waals surface area contributed by atoms with Crippen LogP contribution >= 0.6 is 11.3 Å². The van der Waals surface area contributed by atoms with Gasteiger partial charge in [-0.3, -0.25) is 9.69 Å². The standard InChI is InChI=1S/C26H40N4O5S/c1-5-19-21(24(32)33)27-22(36-19)18-15-29-13-9-12-17(29)14-30(18)23(31)20(16-10-7-6-8-11-16)28-25(34)35-26(2,3)4/h16-18,20H,5-15H2,1-4H3,(H,28,34)(H,32,33)/t17-,18+,20+/m1/s1. The van der Waals surface area contributed by atoms with Crippen LogP contribution in [0.1, 0.15) is 99.1 Å². The van der Waals surface area contributed by atoms with Crippen molar-refractivity contribution >= 4 is 29.3 Å². The molecule has 1 aromatic heterocycles. The fourth-order valence-electron chi connectivity index (χ4n) is 5.85. The molecule has 2 saturated heterocycles. The number of amides is 2. The minimum atomic E-state index is -1.03. The van der Waals surface area contributed by atoms with E-state index in [0.717, 1.165) is 56.4 Å². The molecule has 4 rings (SSSR count). The van der Waals surface area contributed by atoms with Crippen molar-refractivity contribution in [2.45, 2.75) is 103 Å². The highest BCUT2D eigenvalue weighted by Crippen LogP contribution is 2.37. The molecule has 0 bridgehead atoms. The largest absolute Gasteiger partial charge is 0.476 e.